The van der Waals surface area contributed by atoms with Gasteiger partial charge in [0.2, 0.25) is 0 Å². The minimum absolute atomic E-state index is 0.0819. The second kappa shape index (κ2) is 9.23. The van der Waals surface area contributed by atoms with E-state index < -0.39 is 11.8 Å². The molecule has 0 heterocycles. The van der Waals surface area contributed by atoms with Crippen LogP contribution in [0.2, 0.25) is 0 Å². The minimum Gasteiger partial charge on any atom is -0.491 e. The van der Waals surface area contributed by atoms with E-state index in [1.807, 2.05) is 38.1 Å². The van der Waals surface area contributed by atoms with Crippen LogP contribution in [0.1, 0.15) is 42.6 Å². The van der Waals surface area contributed by atoms with Crippen molar-refractivity contribution in [2.24, 2.45) is 0 Å². The lowest BCUT2D eigenvalue weighted by molar-refractivity contribution is -0.136. The molecule has 7 nitrogen and oxygen atoms in total. The Morgan fingerprint density at radius 2 is 1.69 bits per heavy atom. The third kappa shape index (κ3) is 6.07. The Balaban J connectivity index is 1.54. The maximum atomic E-state index is 12.3. The first-order valence-corrected chi connectivity index (χ1v) is 9.67. The first-order chi connectivity index (χ1) is 13.9. The Hall–Kier alpha value is -3.35. The number of carbonyl (C=O) groups excluding carboxylic acids is 3. The van der Waals surface area contributed by atoms with E-state index in [1.54, 1.807) is 24.3 Å². The number of nitrogens with one attached hydrogen (secondary N) is 3. The largest absolute Gasteiger partial charge is 0.491 e. The maximum Gasteiger partial charge on any atom is 0.313 e. The van der Waals surface area contributed by atoms with Crippen molar-refractivity contribution in [3.8, 4) is 5.75 Å². The number of rotatable bonds is 7. The summed E-state index contributed by atoms with van der Waals surface area (Å²) in [5.41, 5.74) is 1.48. The van der Waals surface area contributed by atoms with Crippen LogP contribution in [0.15, 0.2) is 48.5 Å². The van der Waals surface area contributed by atoms with Gasteiger partial charge in [-0.25, -0.2) is 0 Å². The molecule has 0 saturated heterocycles. The summed E-state index contributed by atoms with van der Waals surface area (Å²) in [7, 11) is 0. The monoisotopic (exact) mass is 395 g/mol. The average Bonchev–Trinajstić information content (AvgIpc) is 3.51. The van der Waals surface area contributed by atoms with Crippen molar-refractivity contribution in [2.45, 2.75) is 45.4 Å². The van der Waals surface area contributed by atoms with Crippen LogP contribution in [0.3, 0.4) is 0 Å². The van der Waals surface area contributed by atoms with Crippen LogP contribution in [-0.2, 0) is 16.1 Å². The lowest BCUT2D eigenvalue weighted by Gasteiger charge is -2.12. The molecule has 3 N–H and O–H groups in total. The number of benzene rings is 2. The average molecular weight is 395 g/mol. The lowest BCUT2D eigenvalue weighted by Crippen LogP contribution is -2.35. The van der Waals surface area contributed by atoms with Crippen molar-refractivity contribution >= 4 is 23.4 Å². The summed E-state index contributed by atoms with van der Waals surface area (Å²) in [5.74, 6) is -1.11. The van der Waals surface area contributed by atoms with Gasteiger partial charge in [-0.2, -0.15) is 0 Å². The van der Waals surface area contributed by atoms with Gasteiger partial charge in [0.25, 0.3) is 5.91 Å². The van der Waals surface area contributed by atoms with E-state index in [9.17, 15) is 14.4 Å². The summed E-state index contributed by atoms with van der Waals surface area (Å²) in [6.45, 7) is 4.10. The summed E-state index contributed by atoms with van der Waals surface area (Å²) in [6, 6.07) is 14.1. The van der Waals surface area contributed by atoms with Gasteiger partial charge in [0.1, 0.15) is 5.75 Å². The fraction of sp³-hybridized carbons (Fsp3) is 0.318. The highest BCUT2D eigenvalue weighted by Crippen LogP contribution is 2.21. The smallest absolute Gasteiger partial charge is 0.313 e. The third-order valence-corrected chi connectivity index (χ3v) is 4.29. The summed E-state index contributed by atoms with van der Waals surface area (Å²) in [5, 5.41) is 7.97. The summed E-state index contributed by atoms with van der Waals surface area (Å²) in [6.07, 6.45) is 2.01. The first-order valence-electron chi connectivity index (χ1n) is 9.67. The quantitative estimate of drug-likeness (QED) is 0.628. The van der Waals surface area contributed by atoms with Crippen molar-refractivity contribution < 1.29 is 19.1 Å². The lowest BCUT2D eigenvalue weighted by atomic mass is 10.1. The van der Waals surface area contributed by atoms with E-state index >= 15 is 0 Å². The summed E-state index contributed by atoms with van der Waals surface area (Å²) >= 11 is 0. The van der Waals surface area contributed by atoms with Gasteiger partial charge >= 0.3 is 11.8 Å². The van der Waals surface area contributed by atoms with Crippen LogP contribution >= 0.6 is 0 Å². The van der Waals surface area contributed by atoms with Crippen molar-refractivity contribution in [3.63, 3.8) is 0 Å². The molecule has 1 saturated carbocycles. The van der Waals surface area contributed by atoms with Gasteiger partial charge in [0.05, 0.1) is 17.4 Å². The molecule has 1 fully saturated rings. The van der Waals surface area contributed by atoms with Gasteiger partial charge in [-0.15, -0.1) is 0 Å². The highest BCUT2D eigenvalue weighted by molar-refractivity contribution is 6.40. The molecule has 2 aromatic carbocycles. The molecule has 0 radical (unpaired) electrons. The zero-order chi connectivity index (χ0) is 20.8. The zero-order valence-electron chi connectivity index (χ0n) is 16.5. The standard InChI is InChI=1S/C22H25N3O4/c1-14(2)29-17-11-7-15(8-12-17)13-23-21(27)22(28)25-19-6-4-3-5-18(19)20(26)24-16-9-10-16/h3-8,11-12,14,16H,9-10,13H2,1-2H3,(H,23,27)(H,24,26)(H,25,28). The second-order valence-corrected chi connectivity index (χ2v) is 7.24. The van der Waals surface area contributed by atoms with E-state index in [0.717, 1.165) is 24.2 Å². The predicted octanol–water partition coefficient (Wildman–Crippen LogP) is 2.62. The van der Waals surface area contributed by atoms with Crippen LogP contribution in [0.5, 0.6) is 5.75 Å². The highest BCUT2D eigenvalue weighted by atomic mass is 16.5. The summed E-state index contributed by atoms with van der Waals surface area (Å²) < 4.78 is 5.57. The second-order valence-electron chi connectivity index (χ2n) is 7.24. The maximum absolute atomic E-state index is 12.3. The number of para-hydroxylation sites is 1. The molecular formula is C22H25N3O4. The van der Waals surface area contributed by atoms with Gasteiger partial charge in [0, 0.05) is 12.6 Å². The van der Waals surface area contributed by atoms with Crippen LogP contribution in [0.4, 0.5) is 5.69 Å². The molecule has 0 bridgehead atoms. The molecule has 29 heavy (non-hydrogen) atoms. The van der Waals surface area contributed by atoms with E-state index in [2.05, 4.69) is 16.0 Å². The van der Waals surface area contributed by atoms with Crippen molar-refractivity contribution in [1.82, 2.24) is 10.6 Å². The van der Waals surface area contributed by atoms with E-state index in [1.165, 1.54) is 0 Å². The predicted molar refractivity (Wildman–Crippen MR) is 110 cm³/mol. The fourth-order valence-corrected chi connectivity index (χ4v) is 2.68. The number of hydrogen-bond acceptors (Lipinski definition) is 4. The Labute approximate surface area is 169 Å². The van der Waals surface area contributed by atoms with Crippen LogP contribution in [-0.4, -0.2) is 29.9 Å². The zero-order valence-corrected chi connectivity index (χ0v) is 16.5. The highest BCUT2D eigenvalue weighted by Gasteiger charge is 2.25. The summed E-state index contributed by atoms with van der Waals surface area (Å²) in [4.78, 5) is 36.7. The molecule has 0 unspecified atom stereocenters. The Kier molecular flexibility index (Phi) is 6.49. The van der Waals surface area contributed by atoms with Gasteiger partial charge in [-0.3, -0.25) is 14.4 Å². The van der Waals surface area contributed by atoms with Gasteiger partial charge in [0.15, 0.2) is 0 Å². The molecule has 0 aliphatic heterocycles. The Bertz CT molecular complexity index is 889. The van der Waals surface area contributed by atoms with Crippen LogP contribution < -0.4 is 20.7 Å². The van der Waals surface area contributed by atoms with Crippen molar-refractivity contribution in [2.75, 3.05) is 5.32 Å². The van der Waals surface area contributed by atoms with Crippen molar-refractivity contribution in [3.05, 3.63) is 59.7 Å². The Morgan fingerprint density at radius 3 is 2.34 bits per heavy atom. The molecule has 0 atom stereocenters. The molecule has 3 rings (SSSR count). The molecule has 0 aromatic heterocycles. The first kappa shape index (κ1) is 20.4. The van der Waals surface area contributed by atoms with Crippen LogP contribution in [0, 0.1) is 0 Å². The number of ether oxygens (including phenoxy) is 1. The number of carbonyl (C=O) groups is 3. The van der Waals surface area contributed by atoms with Gasteiger partial charge in [-0.1, -0.05) is 24.3 Å². The van der Waals surface area contributed by atoms with Gasteiger partial charge < -0.3 is 20.7 Å². The minimum atomic E-state index is -0.823. The molecule has 152 valence electrons. The molecular weight excluding hydrogens is 370 g/mol. The SMILES string of the molecule is CC(C)Oc1ccc(CNC(=O)C(=O)Nc2ccccc2C(=O)NC2CC2)cc1. The Morgan fingerprint density at radius 1 is 1.00 bits per heavy atom. The molecule has 0 spiro atoms. The number of hydrogen-bond donors (Lipinski definition) is 3. The third-order valence-electron chi connectivity index (χ3n) is 4.29. The van der Waals surface area contributed by atoms with Gasteiger partial charge in [-0.05, 0) is 56.5 Å². The molecule has 2 aromatic rings. The molecule has 1 aliphatic carbocycles. The topological polar surface area (TPSA) is 96.5 Å². The normalized spacial score (nSPS) is 12.9. The fourth-order valence-electron chi connectivity index (χ4n) is 2.68. The molecule has 7 heteroatoms. The van der Waals surface area contributed by atoms with E-state index in [4.69, 9.17) is 4.74 Å². The van der Waals surface area contributed by atoms with E-state index in [-0.39, 0.29) is 24.6 Å². The number of anilines is 1. The number of amides is 3. The molecule has 3 amide bonds. The van der Waals surface area contributed by atoms with Crippen LogP contribution in [0.25, 0.3) is 0 Å². The van der Waals surface area contributed by atoms with E-state index in [0.29, 0.717) is 11.3 Å². The molecule has 1 aliphatic rings. The van der Waals surface area contributed by atoms with Crippen molar-refractivity contribution in [1.29, 1.82) is 0 Å².